The Morgan fingerprint density at radius 2 is 2.05 bits per heavy atom. The topological polar surface area (TPSA) is 170 Å². The lowest BCUT2D eigenvalue weighted by atomic mass is 10.2. The van der Waals surface area contributed by atoms with E-state index in [0.29, 0.717) is 4.47 Å². The van der Waals surface area contributed by atoms with Crippen molar-refractivity contribution in [3.8, 4) is 5.75 Å². The molecule has 0 unspecified atom stereocenters. The second-order valence-electron chi connectivity index (χ2n) is 3.29. The van der Waals surface area contributed by atoms with Gasteiger partial charge in [-0.05, 0) is 6.07 Å². The Balaban J connectivity index is 2.97. The predicted molar refractivity (Wildman–Crippen MR) is 69.6 cm³/mol. The lowest BCUT2D eigenvalue weighted by molar-refractivity contribution is -0.485. The SMILES string of the molecule is NC(N=NCc1cc(Br)cc([N+](=O)[O-])c1O)=N[N+](=O)[O-]. The van der Waals surface area contributed by atoms with E-state index in [9.17, 15) is 25.3 Å². The Kier molecular flexibility index (Phi) is 5.02. The van der Waals surface area contributed by atoms with Gasteiger partial charge < -0.3 is 10.8 Å². The number of nitrogens with two attached hydrogens (primary N) is 1. The van der Waals surface area contributed by atoms with Crippen LogP contribution in [0.3, 0.4) is 0 Å². The molecule has 12 heteroatoms. The molecule has 106 valence electrons. The maximum atomic E-state index is 10.7. The molecular formula is C8H7BrN6O5. The number of benzene rings is 1. The molecule has 0 heterocycles. The largest absolute Gasteiger partial charge is 0.502 e. The fraction of sp³-hybridized carbons (Fsp3) is 0.125. The zero-order chi connectivity index (χ0) is 15.3. The molecule has 0 aliphatic heterocycles. The number of hydrazone groups is 1. The lowest BCUT2D eigenvalue weighted by Crippen LogP contribution is -2.09. The lowest BCUT2D eigenvalue weighted by Gasteiger charge is -2.02. The highest BCUT2D eigenvalue weighted by molar-refractivity contribution is 9.10. The molecule has 1 aromatic carbocycles. The standard InChI is InChI=1S/C8H7BrN6O5/c9-5-1-4(7(16)6(2-5)14(17)18)3-11-12-8(10)13-15(19)20/h1-2,16H,3H2,(H2,10,13). The van der Waals surface area contributed by atoms with Crippen molar-refractivity contribution in [2.45, 2.75) is 6.54 Å². The van der Waals surface area contributed by atoms with Crippen LogP contribution in [0.2, 0.25) is 0 Å². The van der Waals surface area contributed by atoms with E-state index in [-0.39, 0.29) is 12.1 Å². The molecule has 0 saturated heterocycles. The van der Waals surface area contributed by atoms with Crippen molar-refractivity contribution in [2.75, 3.05) is 0 Å². The van der Waals surface area contributed by atoms with Gasteiger partial charge >= 0.3 is 11.6 Å². The van der Waals surface area contributed by atoms with Crippen molar-refractivity contribution in [2.24, 2.45) is 21.1 Å². The molecule has 0 aromatic heterocycles. The molecule has 11 nitrogen and oxygen atoms in total. The zero-order valence-electron chi connectivity index (χ0n) is 9.63. The smallest absolute Gasteiger partial charge is 0.312 e. The van der Waals surface area contributed by atoms with Crippen LogP contribution in [0.4, 0.5) is 5.69 Å². The molecule has 0 radical (unpaired) electrons. The molecule has 0 amide bonds. The third-order valence-corrected chi connectivity index (χ3v) is 2.39. The minimum atomic E-state index is -1.05. The van der Waals surface area contributed by atoms with E-state index in [2.05, 4.69) is 31.3 Å². The summed E-state index contributed by atoms with van der Waals surface area (Å²) in [5, 5.41) is 38.6. The first-order valence-electron chi connectivity index (χ1n) is 4.83. The molecule has 0 atom stereocenters. The summed E-state index contributed by atoms with van der Waals surface area (Å²) in [5.74, 6) is -1.25. The maximum Gasteiger partial charge on any atom is 0.312 e. The van der Waals surface area contributed by atoms with E-state index in [1.807, 2.05) is 0 Å². The quantitative estimate of drug-likeness (QED) is 0.275. The summed E-state index contributed by atoms with van der Waals surface area (Å²) in [7, 11) is 0. The van der Waals surface area contributed by atoms with Gasteiger partial charge in [-0.3, -0.25) is 10.1 Å². The summed E-state index contributed by atoms with van der Waals surface area (Å²) in [6.45, 7) is -0.264. The normalized spacial score (nSPS) is 11.8. The molecule has 3 N–H and O–H groups in total. The number of hydrogen-bond acceptors (Lipinski definition) is 6. The monoisotopic (exact) mass is 346 g/mol. The number of halogens is 1. The van der Waals surface area contributed by atoms with Crippen LogP contribution < -0.4 is 5.73 Å². The number of aromatic hydroxyl groups is 1. The number of rotatable bonds is 4. The summed E-state index contributed by atoms with van der Waals surface area (Å²) in [6.07, 6.45) is 0. The molecular weight excluding hydrogens is 340 g/mol. The molecule has 0 aliphatic rings. The minimum absolute atomic E-state index is 0.101. The van der Waals surface area contributed by atoms with Crippen LogP contribution in [-0.4, -0.2) is 21.0 Å². The number of phenolic OH excluding ortho intramolecular Hbond substituents is 1. The van der Waals surface area contributed by atoms with Crippen LogP contribution in [0, 0.1) is 20.2 Å². The summed E-state index contributed by atoms with van der Waals surface area (Å²) in [6, 6.07) is 2.51. The molecule has 20 heavy (non-hydrogen) atoms. The van der Waals surface area contributed by atoms with Crippen molar-refractivity contribution in [1.29, 1.82) is 0 Å². The van der Waals surface area contributed by atoms with E-state index >= 15 is 0 Å². The number of hydrogen-bond donors (Lipinski definition) is 2. The van der Waals surface area contributed by atoms with E-state index < -0.39 is 27.4 Å². The Hall–Kier alpha value is -2.63. The van der Waals surface area contributed by atoms with Crippen LogP contribution in [0.25, 0.3) is 0 Å². The van der Waals surface area contributed by atoms with Gasteiger partial charge in [-0.25, -0.2) is 10.1 Å². The number of nitro groups is 2. The van der Waals surface area contributed by atoms with Crippen LogP contribution in [0.15, 0.2) is 31.9 Å². The van der Waals surface area contributed by atoms with Gasteiger partial charge in [-0.1, -0.05) is 15.9 Å². The molecule has 0 saturated carbocycles. The molecule has 1 rings (SSSR count). The average molecular weight is 347 g/mol. The Bertz CT molecular complexity index is 616. The summed E-state index contributed by atoms with van der Waals surface area (Å²) in [5.41, 5.74) is 4.65. The van der Waals surface area contributed by atoms with Gasteiger partial charge in [-0.2, -0.15) is 5.11 Å². The van der Waals surface area contributed by atoms with Crippen LogP contribution in [0.5, 0.6) is 5.75 Å². The summed E-state index contributed by atoms with van der Waals surface area (Å²) in [4.78, 5) is 19.9. The first-order valence-corrected chi connectivity index (χ1v) is 5.62. The number of azo groups is 1. The number of nitro benzene ring substituents is 1. The van der Waals surface area contributed by atoms with E-state index in [1.54, 1.807) is 0 Å². The van der Waals surface area contributed by atoms with Crippen LogP contribution in [-0.2, 0) is 6.54 Å². The molecule has 0 aliphatic carbocycles. The first-order chi connectivity index (χ1) is 9.31. The molecule has 1 aromatic rings. The predicted octanol–water partition coefficient (Wildman–Crippen LogP) is 1.52. The van der Waals surface area contributed by atoms with Crippen LogP contribution >= 0.6 is 15.9 Å². The van der Waals surface area contributed by atoms with E-state index in [0.717, 1.165) is 6.07 Å². The molecule has 0 bridgehead atoms. The second-order valence-corrected chi connectivity index (χ2v) is 4.20. The molecule has 0 spiro atoms. The van der Waals surface area contributed by atoms with Crippen LogP contribution in [0.1, 0.15) is 5.56 Å². The zero-order valence-corrected chi connectivity index (χ0v) is 11.2. The Morgan fingerprint density at radius 1 is 1.40 bits per heavy atom. The highest BCUT2D eigenvalue weighted by atomic mass is 79.9. The van der Waals surface area contributed by atoms with Crippen molar-refractivity contribution in [3.05, 3.63) is 42.4 Å². The van der Waals surface area contributed by atoms with Gasteiger partial charge in [0.1, 0.15) is 5.10 Å². The van der Waals surface area contributed by atoms with E-state index in [1.165, 1.54) is 6.07 Å². The van der Waals surface area contributed by atoms with E-state index in [4.69, 9.17) is 5.73 Å². The number of nitrogens with zero attached hydrogens (tertiary/aromatic N) is 5. The average Bonchev–Trinajstić information content (AvgIpc) is 2.31. The fourth-order valence-corrected chi connectivity index (χ4v) is 1.68. The summed E-state index contributed by atoms with van der Waals surface area (Å²) < 4.78 is 0.360. The first kappa shape index (κ1) is 15.4. The third kappa shape index (κ3) is 4.24. The van der Waals surface area contributed by atoms with Gasteiger partial charge in [0.2, 0.25) is 0 Å². The molecule has 0 fully saturated rings. The highest BCUT2D eigenvalue weighted by Gasteiger charge is 2.18. The number of guanidine groups is 1. The fourth-order valence-electron chi connectivity index (χ4n) is 1.19. The van der Waals surface area contributed by atoms with Crippen molar-refractivity contribution in [3.63, 3.8) is 0 Å². The van der Waals surface area contributed by atoms with Gasteiger partial charge in [0.15, 0.2) is 10.8 Å². The maximum absolute atomic E-state index is 10.7. The van der Waals surface area contributed by atoms with Gasteiger partial charge in [0.05, 0.1) is 11.5 Å². The minimum Gasteiger partial charge on any atom is -0.502 e. The van der Waals surface area contributed by atoms with Gasteiger partial charge in [0.25, 0.3) is 0 Å². The van der Waals surface area contributed by atoms with Gasteiger partial charge in [0, 0.05) is 16.1 Å². The Morgan fingerprint density at radius 3 is 2.60 bits per heavy atom. The van der Waals surface area contributed by atoms with Crippen molar-refractivity contribution in [1.82, 2.24) is 0 Å². The Labute approximate surface area is 119 Å². The second kappa shape index (κ2) is 6.51. The number of phenols is 1. The van der Waals surface area contributed by atoms with Crippen molar-refractivity contribution >= 4 is 27.6 Å². The van der Waals surface area contributed by atoms with Gasteiger partial charge in [-0.15, -0.1) is 5.11 Å². The third-order valence-electron chi connectivity index (χ3n) is 1.93. The van der Waals surface area contributed by atoms with Crippen molar-refractivity contribution < 1.29 is 15.1 Å². The summed E-state index contributed by atoms with van der Waals surface area (Å²) >= 11 is 3.04. The highest BCUT2D eigenvalue weighted by Crippen LogP contribution is 2.33.